The lowest BCUT2D eigenvalue weighted by Crippen LogP contribution is -2.25. The van der Waals surface area contributed by atoms with Crippen molar-refractivity contribution in [3.8, 4) is 5.75 Å². The molecule has 0 aliphatic carbocycles. The van der Waals surface area contributed by atoms with Crippen molar-refractivity contribution < 1.29 is 9.53 Å². The Morgan fingerprint density at radius 1 is 1.56 bits per heavy atom. The summed E-state index contributed by atoms with van der Waals surface area (Å²) in [7, 11) is 1.57. The van der Waals surface area contributed by atoms with Crippen LogP contribution in [0.1, 0.15) is 17.3 Å². The van der Waals surface area contributed by atoms with Crippen molar-refractivity contribution in [2.24, 2.45) is 0 Å². The quantitative estimate of drug-likeness (QED) is 0.863. The summed E-state index contributed by atoms with van der Waals surface area (Å²) >= 11 is 3.33. The predicted molar refractivity (Wildman–Crippen MR) is 67.8 cm³/mol. The molecule has 0 heterocycles. The van der Waals surface area contributed by atoms with Crippen molar-refractivity contribution in [2.45, 2.75) is 6.92 Å². The van der Waals surface area contributed by atoms with E-state index in [1.54, 1.807) is 25.3 Å². The molecule has 1 aromatic rings. The molecule has 0 atom stereocenters. The molecule has 0 saturated carbocycles. The molecule has 86 valence electrons. The Kier molecular flexibility index (Phi) is 4.55. The van der Waals surface area contributed by atoms with Gasteiger partial charge in [-0.2, -0.15) is 0 Å². The van der Waals surface area contributed by atoms with Crippen molar-refractivity contribution in [1.29, 1.82) is 0 Å². The second kappa shape index (κ2) is 5.70. The van der Waals surface area contributed by atoms with Crippen LogP contribution in [0, 0.1) is 0 Å². The van der Waals surface area contributed by atoms with Gasteiger partial charge >= 0.3 is 0 Å². The van der Waals surface area contributed by atoms with Gasteiger partial charge in [0.2, 0.25) is 0 Å². The van der Waals surface area contributed by atoms with E-state index in [0.717, 1.165) is 10.0 Å². The maximum atomic E-state index is 11.8. The van der Waals surface area contributed by atoms with Crippen LogP contribution in [0.5, 0.6) is 5.75 Å². The van der Waals surface area contributed by atoms with Gasteiger partial charge in [0.05, 0.1) is 12.7 Å². The van der Waals surface area contributed by atoms with E-state index in [9.17, 15) is 4.79 Å². The van der Waals surface area contributed by atoms with Gasteiger partial charge in [-0.05, 0) is 41.1 Å². The Morgan fingerprint density at radius 3 is 2.81 bits per heavy atom. The highest BCUT2D eigenvalue weighted by molar-refractivity contribution is 9.10. The van der Waals surface area contributed by atoms with E-state index in [-0.39, 0.29) is 5.91 Å². The summed E-state index contributed by atoms with van der Waals surface area (Å²) in [6.45, 7) is 6.06. The third-order valence-corrected chi connectivity index (χ3v) is 2.66. The minimum atomic E-state index is -0.145. The second-order valence-corrected chi connectivity index (χ2v) is 4.34. The molecule has 1 aromatic carbocycles. The molecule has 1 N–H and O–H groups in total. The van der Waals surface area contributed by atoms with Crippen LogP contribution in [-0.4, -0.2) is 19.6 Å². The zero-order valence-electron chi connectivity index (χ0n) is 9.34. The van der Waals surface area contributed by atoms with E-state index < -0.39 is 0 Å². The van der Waals surface area contributed by atoms with Crippen LogP contribution >= 0.6 is 15.9 Å². The highest BCUT2D eigenvalue weighted by atomic mass is 79.9. The first-order valence-electron chi connectivity index (χ1n) is 4.80. The molecule has 1 rings (SSSR count). The van der Waals surface area contributed by atoms with Crippen molar-refractivity contribution in [1.82, 2.24) is 5.32 Å². The first-order chi connectivity index (χ1) is 7.54. The first-order valence-corrected chi connectivity index (χ1v) is 5.60. The van der Waals surface area contributed by atoms with Gasteiger partial charge in [0.25, 0.3) is 5.91 Å². The third kappa shape index (κ3) is 3.38. The Bertz CT molecular complexity index is 415. The largest absolute Gasteiger partial charge is 0.497 e. The number of methoxy groups -OCH3 is 1. The van der Waals surface area contributed by atoms with Crippen molar-refractivity contribution in [3.63, 3.8) is 0 Å². The molecular formula is C12H14BrNO2. The number of hydrogen-bond donors (Lipinski definition) is 1. The molecule has 16 heavy (non-hydrogen) atoms. The molecule has 0 spiro atoms. The van der Waals surface area contributed by atoms with E-state index in [2.05, 4.69) is 27.8 Å². The molecule has 0 unspecified atom stereocenters. The van der Waals surface area contributed by atoms with Crippen LogP contribution in [0.25, 0.3) is 0 Å². The molecular weight excluding hydrogens is 270 g/mol. The number of ether oxygens (including phenoxy) is 1. The van der Waals surface area contributed by atoms with E-state index in [1.807, 2.05) is 6.92 Å². The highest BCUT2D eigenvalue weighted by Gasteiger charge is 2.10. The number of carbonyl (C=O) groups is 1. The molecule has 0 aliphatic rings. The topological polar surface area (TPSA) is 38.3 Å². The Balaban J connectivity index is 2.85. The summed E-state index contributed by atoms with van der Waals surface area (Å²) in [6, 6.07) is 5.27. The van der Waals surface area contributed by atoms with Gasteiger partial charge in [-0.1, -0.05) is 12.2 Å². The SMILES string of the molecule is C=C(C)CNC(=O)c1cc(OC)ccc1Br. The number of hydrogen-bond acceptors (Lipinski definition) is 2. The van der Waals surface area contributed by atoms with Crippen molar-refractivity contribution in [2.75, 3.05) is 13.7 Å². The summed E-state index contributed by atoms with van der Waals surface area (Å²) in [5, 5.41) is 2.77. The van der Waals surface area contributed by atoms with Crippen LogP contribution in [0.3, 0.4) is 0 Å². The molecule has 3 nitrogen and oxygen atoms in total. The molecule has 1 amide bonds. The first kappa shape index (κ1) is 12.8. The Hall–Kier alpha value is -1.29. The molecule has 0 aliphatic heterocycles. The molecule has 0 aromatic heterocycles. The van der Waals surface area contributed by atoms with E-state index in [0.29, 0.717) is 17.9 Å². The normalized spacial score (nSPS) is 9.69. The molecule has 0 bridgehead atoms. The fraction of sp³-hybridized carbons (Fsp3) is 0.250. The van der Waals surface area contributed by atoms with Gasteiger partial charge in [-0.15, -0.1) is 0 Å². The lowest BCUT2D eigenvalue weighted by Gasteiger charge is -2.08. The van der Waals surface area contributed by atoms with Crippen LogP contribution in [-0.2, 0) is 0 Å². The fourth-order valence-corrected chi connectivity index (χ4v) is 1.56. The maximum absolute atomic E-state index is 11.8. The maximum Gasteiger partial charge on any atom is 0.252 e. The zero-order chi connectivity index (χ0) is 12.1. The molecule has 0 radical (unpaired) electrons. The second-order valence-electron chi connectivity index (χ2n) is 3.49. The summed E-state index contributed by atoms with van der Waals surface area (Å²) in [4.78, 5) is 11.8. The highest BCUT2D eigenvalue weighted by Crippen LogP contribution is 2.22. The summed E-state index contributed by atoms with van der Waals surface area (Å²) in [5.74, 6) is 0.512. The van der Waals surface area contributed by atoms with Crippen LogP contribution in [0.15, 0.2) is 34.8 Å². The van der Waals surface area contributed by atoms with Crippen LogP contribution in [0.4, 0.5) is 0 Å². The van der Waals surface area contributed by atoms with E-state index in [4.69, 9.17) is 4.74 Å². The summed E-state index contributed by atoms with van der Waals surface area (Å²) < 4.78 is 5.81. The lowest BCUT2D eigenvalue weighted by molar-refractivity contribution is 0.0956. The summed E-state index contributed by atoms with van der Waals surface area (Å²) in [6.07, 6.45) is 0. The minimum Gasteiger partial charge on any atom is -0.497 e. The minimum absolute atomic E-state index is 0.145. The smallest absolute Gasteiger partial charge is 0.252 e. The average molecular weight is 284 g/mol. The lowest BCUT2D eigenvalue weighted by atomic mass is 10.2. The number of nitrogens with one attached hydrogen (secondary N) is 1. The molecule has 4 heteroatoms. The van der Waals surface area contributed by atoms with Gasteiger partial charge in [-0.3, -0.25) is 4.79 Å². The number of carbonyl (C=O) groups excluding carboxylic acids is 1. The van der Waals surface area contributed by atoms with Crippen LogP contribution < -0.4 is 10.1 Å². The average Bonchev–Trinajstić information content (AvgIpc) is 2.26. The zero-order valence-corrected chi connectivity index (χ0v) is 10.9. The van der Waals surface area contributed by atoms with E-state index in [1.165, 1.54) is 0 Å². The molecule has 0 fully saturated rings. The van der Waals surface area contributed by atoms with Crippen molar-refractivity contribution >= 4 is 21.8 Å². The number of halogens is 1. The van der Waals surface area contributed by atoms with Gasteiger partial charge < -0.3 is 10.1 Å². The van der Waals surface area contributed by atoms with Gasteiger partial charge in [0.1, 0.15) is 5.75 Å². The number of benzene rings is 1. The van der Waals surface area contributed by atoms with Gasteiger partial charge in [0.15, 0.2) is 0 Å². The third-order valence-electron chi connectivity index (χ3n) is 1.97. The Morgan fingerprint density at radius 2 is 2.25 bits per heavy atom. The fourth-order valence-electron chi connectivity index (χ4n) is 1.13. The number of amides is 1. The standard InChI is InChI=1S/C12H14BrNO2/c1-8(2)7-14-12(15)10-6-9(16-3)4-5-11(10)13/h4-6H,1,7H2,2-3H3,(H,14,15). The van der Waals surface area contributed by atoms with E-state index >= 15 is 0 Å². The van der Waals surface area contributed by atoms with Crippen LogP contribution in [0.2, 0.25) is 0 Å². The summed E-state index contributed by atoms with van der Waals surface area (Å²) in [5.41, 5.74) is 1.47. The van der Waals surface area contributed by atoms with Gasteiger partial charge in [0, 0.05) is 11.0 Å². The Labute approximate surface area is 104 Å². The monoisotopic (exact) mass is 283 g/mol. The predicted octanol–water partition coefficient (Wildman–Crippen LogP) is 2.76. The van der Waals surface area contributed by atoms with Gasteiger partial charge in [-0.25, -0.2) is 0 Å². The number of rotatable bonds is 4. The molecule has 0 saturated heterocycles. The van der Waals surface area contributed by atoms with Crippen molar-refractivity contribution in [3.05, 3.63) is 40.4 Å².